The molecule has 84 valence electrons. The Balaban J connectivity index is 2.12. The van der Waals surface area contributed by atoms with E-state index in [0.717, 1.165) is 11.5 Å². The fourth-order valence-corrected chi connectivity index (χ4v) is 4.80. The normalized spacial score (nSPS) is 26.8. The second kappa shape index (κ2) is 5.27. The van der Waals surface area contributed by atoms with Crippen molar-refractivity contribution in [3.8, 4) is 0 Å². The molecule has 0 radical (unpaired) electrons. The zero-order valence-electron chi connectivity index (χ0n) is 8.90. The molecule has 0 aromatic carbocycles. The van der Waals surface area contributed by atoms with Crippen LogP contribution in [0.2, 0.25) is 0 Å². The maximum absolute atomic E-state index is 5.58. The molecule has 0 amide bonds. The van der Waals surface area contributed by atoms with Gasteiger partial charge in [-0.3, -0.25) is 0 Å². The summed E-state index contributed by atoms with van der Waals surface area (Å²) in [6.45, 7) is 2.80. The lowest BCUT2D eigenvalue weighted by molar-refractivity contribution is 0.757. The highest BCUT2D eigenvalue weighted by atomic mass is 32.2. The minimum Gasteiger partial charge on any atom is -0.344 e. The molecule has 0 aliphatic carbocycles. The van der Waals surface area contributed by atoms with Crippen LogP contribution >= 0.6 is 23.5 Å². The Bertz CT molecular complexity index is 313. The van der Waals surface area contributed by atoms with Crippen molar-refractivity contribution in [1.82, 2.24) is 9.97 Å². The largest absolute Gasteiger partial charge is 0.344 e. The van der Waals surface area contributed by atoms with Crippen molar-refractivity contribution in [2.45, 2.75) is 30.4 Å². The number of hydrogen-bond donors (Lipinski definition) is 2. The molecule has 3 nitrogen and oxygen atoms in total. The summed E-state index contributed by atoms with van der Waals surface area (Å²) in [4.78, 5) is 7.77. The minimum atomic E-state index is 0.522. The van der Waals surface area contributed by atoms with Crippen molar-refractivity contribution in [1.29, 1.82) is 0 Å². The molecule has 5 heteroatoms. The van der Waals surface area contributed by atoms with Gasteiger partial charge in [-0.05, 0) is 6.42 Å². The number of H-pyrrole nitrogens is 1. The molecule has 0 spiro atoms. The molecule has 0 bridgehead atoms. The van der Waals surface area contributed by atoms with Gasteiger partial charge in [-0.25, -0.2) is 4.98 Å². The molecule has 1 fully saturated rings. The first-order chi connectivity index (χ1) is 7.35. The van der Waals surface area contributed by atoms with Gasteiger partial charge >= 0.3 is 0 Å². The minimum absolute atomic E-state index is 0.522. The number of nitrogens with two attached hydrogens (primary N) is 1. The van der Waals surface area contributed by atoms with Crippen LogP contribution in [0.4, 0.5) is 0 Å². The Labute approximate surface area is 99.0 Å². The molecule has 1 aromatic rings. The summed E-state index contributed by atoms with van der Waals surface area (Å²) in [5.74, 6) is 3.61. The molecule has 2 heterocycles. The van der Waals surface area contributed by atoms with Gasteiger partial charge in [-0.2, -0.15) is 11.8 Å². The smallest absolute Gasteiger partial charge is 0.120 e. The van der Waals surface area contributed by atoms with Crippen LogP contribution in [0.5, 0.6) is 0 Å². The van der Waals surface area contributed by atoms with E-state index in [0.29, 0.717) is 17.0 Å². The molecule has 3 N–H and O–H groups in total. The molecular formula is C10H17N3S2. The van der Waals surface area contributed by atoms with E-state index in [1.807, 2.05) is 18.0 Å². The van der Waals surface area contributed by atoms with Gasteiger partial charge in [0.15, 0.2) is 0 Å². The van der Waals surface area contributed by atoms with Crippen molar-refractivity contribution in [3.63, 3.8) is 0 Å². The van der Waals surface area contributed by atoms with E-state index < -0.39 is 0 Å². The Morgan fingerprint density at radius 3 is 3.00 bits per heavy atom. The van der Waals surface area contributed by atoms with Gasteiger partial charge in [-0.1, -0.05) is 6.92 Å². The lowest BCUT2D eigenvalue weighted by Gasteiger charge is -2.28. The highest BCUT2D eigenvalue weighted by Gasteiger charge is 2.28. The van der Waals surface area contributed by atoms with Gasteiger partial charge in [0.1, 0.15) is 5.82 Å². The van der Waals surface area contributed by atoms with Gasteiger partial charge in [0, 0.05) is 35.2 Å². The van der Waals surface area contributed by atoms with E-state index in [1.165, 1.54) is 17.9 Å². The number of nitrogens with one attached hydrogen (secondary N) is 1. The lowest BCUT2D eigenvalue weighted by Crippen LogP contribution is -2.19. The van der Waals surface area contributed by atoms with Crippen LogP contribution in [-0.4, -0.2) is 26.7 Å². The molecule has 15 heavy (non-hydrogen) atoms. The quantitative estimate of drug-likeness (QED) is 0.854. The highest BCUT2D eigenvalue weighted by molar-refractivity contribution is 8.06. The van der Waals surface area contributed by atoms with Gasteiger partial charge in [-0.15, -0.1) is 11.8 Å². The van der Waals surface area contributed by atoms with Crippen LogP contribution in [0.15, 0.2) is 6.20 Å². The third-order valence-corrected chi connectivity index (χ3v) is 5.85. The summed E-state index contributed by atoms with van der Waals surface area (Å²) >= 11 is 4.09. The van der Waals surface area contributed by atoms with Crippen molar-refractivity contribution < 1.29 is 0 Å². The maximum Gasteiger partial charge on any atom is 0.120 e. The fraction of sp³-hybridized carbons (Fsp3) is 0.700. The lowest BCUT2D eigenvalue weighted by atomic mass is 10.2. The van der Waals surface area contributed by atoms with E-state index in [2.05, 4.69) is 28.7 Å². The molecule has 1 aliphatic rings. The van der Waals surface area contributed by atoms with Crippen molar-refractivity contribution in [3.05, 3.63) is 17.7 Å². The molecule has 0 saturated carbocycles. The Hall–Kier alpha value is -0.130. The molecule has 1 aromatic heterocycles. The molecular weight excluding hydrogens is 226 g/mol. The first-order valence-corrected chi connectivity index (χ1v) is 7.42. The number of imidazole rings is 1. The average molecular weight is 243 g/mol. The van der Waals surface area contributed by atoms with E-state index in [9.17, 15) is 0 Å². The standard InChI is InChI=1S/C10H17N3S2/c1-2-8-9(15-4-3-14-8)10-12-6-7(5-11)13-10/h6,8-9H,2-5,11H2,1H3,(H,12,13). The number of aromatic nitrogens is 2. The first-order valence-electron chi connectivity index (χ1n) is 5.32. The number of aromatic amines is 1. The van der Waals surface area contributed by atoms with Gasteiger partial charge < -0.3 is 10.7 Å². The fourth-order valence-electron chi connectivity index (χ4n) is 1.78. The van der Waals surface area contributed by atoms with Crippen molar-refractivity contribution in [2.24, 2.45) is 5.73 Å². The SMILES string of the molecule is CCC1SCCSC1c1ncc(CN)[nH]1. The summed E-state index contributed by atoms with van der Waals surface area (Å²) in [6, 6.07) is 0. The van der Waals surface area contributed by atoms with Crippen LogP contribution in [-0.2, 0) is 6.54 Å². The first kappa shape index (κ1) is 11.4. The van der Waals surface area contributed by atoms with E-state index in [4.69, 9.17) is 5.73 Å². The van der Waals surface area contributed by atoms with Crippen LogP contribution in [0.25, 0.3) is 0 Å². The van der Waals surface area contributed by atoms with E-state index in [-0.39, 0.29) is 0 Å². The Kier molecular flexibility index (Phi) is 3.99. The summed E-state index contributed by atoms with van der Waals surface area (Å²) in [5, 5.41) is 1.22. The summed E-state index contributed by atoms with van der Waals surface area (Å²) in [6.07, 6.45) is 3.07. The highest BCUT2D eigenvalue weighted by Crippen LogP contribution is 2.42. The van der Waals surface area contributed by atoms with Crippen LogP contribution in [0, 0.1) is 0 Å². The average Bonchev–Trinajstić information content (AvgIpc) is 2.77. The number of hydrogen-bond acceptors (Lipinski definition) is 4. The number of rotatable bonds is 3. The summed E-state index contributed by atoms with van der Waals surface area (Å²) in [7, 11) is 0. The zero-order chi connectivity index (χ0) is 10.7. The second-order valence-corrected chi connectivity index (χ2v) is 6.20. The van der Waals surface area contributed by atoms with Crippen LogP contribution in [0.1, 0.15) is 30.1 Å². The van der Waals surface area contributed by atoms with Gasteiger partial charge in [0.2, 0.25) is 0 Å². The Morgan fingerprint density at radius 1 is 1.53 bits per heavy atom. The van der Waals surface area contributed by atoms with Gasteiger partial charge in [0.05, 0.1) is 5.25 Å². The maximum atomic E-state index is 5.58. The second-order valence-electron chi connectivity index (χ2n) is 3.61. The van der Waals surface area contributed by atoms with Gasteiger partial charge in [0.25, 0.3) is 0 Å². The van der Waals surface area contributed by atoms with Crippen LogP contribution in [0.3, 0.4) is 0 Å². The summed E-state index contributed by atoms with van der Waals surface area (Å²) < 4.78 is 0. The molecule has 2 unspecified atom stereocenters. The topological polar surface area (TPSA) is 54.7 Å². The van der Waals surface area contributed by atoms with Crippen LogP contribution < -0.4 is 5.73 Å². The summed E-state index contributed by atoms with van der Waals surface area (Å²) in [5.41, 5.74) is 6.61. The Morgan fingerprint density at radius 2 is 2.33 bits per heavy atom. The molecule has 1 aliphatic heterocycles. The predicted octanol–water partition coefficient (Wildman–Crippen LogP) is 2.17. The predicted molar refractivity (Wildman–Crippen MR) is 68.2 cm³/mol. The molecule has 1 saturated heterocycles. The third-order valence-electron chi connectivity index (χ3n) is 2.59. The monoisotopic (exact) mass is 243 g/mol. The van der Waals surface area contributed by atoms with Crippen molar-refractivity contribution >= 4 is 23.5 Å². The number of thioether (sulfide) groups is 2. The molecule has 2 atom stereocenters. The van der Waals surface area contributed by atoms with E-state index >= 15 is 0 Å². The van der Waals surface area contributed by atoms with Crippen molar-refractivity contribution in [2.75, 3.05) is 11.5 Å². The molecule has 2 rings (SSSR count). The zero-order valence-corrected chi connectivity index (χ0v) is 10.5. The number of nitrogens with zero attached hydrogens (tertiary/aromatic N) is 1. The van der Waals surface area contributed by atoms with E-state index in [1.54, 1.807) is 0 Å². The third kappa shape index (κ3) is 2.52.